The van der Waals surface area contributed by atoms with Crippen LogP contribution in [0.1, 0.15) is 47.2 Å². The van der Waals surface area contributed by atoms with Crippen LogP contribution in [0, 0.1) is 0 Å². The first-order valence-corrected chi connectivity index (χ1v) is 9.12. The Morgan fingerprint density at radius 2 is 1.81 bits per heavy atom. The number of nitrogens with zero attached hydrogens (tertiary/aromatic N) is 3. The summed E-state index contributed by atoms with van der Waals surface area (Å²) in [6.45, 7) is 3.58. The third-order valence-corrected chi connectivity index (χ3v) is 4.59. The number of carbonyl (C=O) groups is 1. The lowest BCUT2D eigenvalue weighted by Crippen LogP contribution is -2.28. The van der Waals surface area contributed by atoms with Crippen LogP contribution in [0.5, 0.6) is 0 Å². The third-order valence-electron chi connectivity index (χ3n) is 4.34. The van der Waals surface area contributed by atoms with Crippen molar-refractivity contribution in [2.75, 3.05) is 0 Å². The Balaban J connectivity index is 1.81. The number of benzene rings is 2. The standard InChI is InChI=1S/C20H21ClN4O2/c1-3-14-4-10-17(11-5-14)25-23-18(12-26)19(24-25)20(27)22-13(2)15-6-8-16(21)9-7-15/h4-11,13,26H,3,12H2,1-2H3,(H,22,27)/t13-/m0/s1. The maximum Gasteiger partial charge on any atom is 0.274 e. The molecular weight excluding hydrogens is 364 g/mol. The van der Waals surface area contributed by atoms with E-state index in [9.17, 15) is 9.90 Å². The van der Waals surface area contributed by atoms with E-state index in [4.69, 9.17) is 11.6 Å². The highest BCUT2D eigenvalue weighted by molar-refractivity contribution is 6.30. The summed E-state index contributed by atoms with van der Waals surface area (Å²) >= 11 is 5.90. The molecule has 27 heavy (non-hydrogen) atoms. The number of amides is 1. The van der Waals surface area contributed by atoms with E-state index in [2.05, 4.69) is 22.4 Å². The topological polar surface area (TPSA) is 80.0 Å². The van der Waals surface area contributed by atoms with Crippen molar-refractivity contribution in [2.24, 2.45) is 0 Å². The third kappa shape index (κ3) is 4.35. The maximum absolute atomic E-state index is 12.7. The Morgan fingerprint density at radius 1 is 1.15 bits per heavy atom. The molecule has 0 spiro atoms. The van der Waals surface area contributed by atoms with E-state index in [0.29, 0.717) is 5.02 Å². The average Bonchev–Trinajstić information content (AvgIpc) is 3.13. The van der Waals surface area contributed by atoms with E-state index >= 15 is 0 Å². The molecule has 0 fully saturated rings. The Kier molecular flexibility index (Phi) is 5.88. The molecular formula is C20H21ClN4O2. The summed E-state index contributed by atoms with van der Waals surface area (Å²) in [5, 5.41) is 21.6. The number of rotatable bonds is 6. The number of carbonyl (C=O) groups excluding carboxylic acids is 1. The first-order chi connectivity index (χ1) is 13.0. The van der Waals surface area contributed by atoms with Crippen molar-refractivity contribution in [3.63, 3.8) is 0 Å². The van der Waals surface area contributed by atoms with Crippen molar-refractivity contribution in [3.8, 4) is 5.69 Å². The predicted molar refractivity (Wildman–Crippen MR) is 104 cm³/mol. The zero-order chi connectivity index (χ0) is 19.4. The fourth-order valence-electron chi connectivity index (χ4n) is 2.70. The van der Waals surface area contributed by atoms with Crippen LogP contribution in [-0.4, -0.2) is 26.0 Å². The molecule has 1 amide bonds. The van der Waals surface area contributed by atoms with Gasteiger partial charge in [-0.15, -0.1) is 10.2 Å². The van der Waals surface area contributed by atoms with Crippen LogP contribution < -0.4 is 5.32 Å². The first-order valence-electron chi connectivity index (χ1n) is 8.74. The number of aromatic nitrogens is 3. The quantitative estimate of drug-likeness (QED) is 0.682. The molecule has 7 heteroatoms. The average molecular weight is 385 g/mol. The van der Waals surface area contributed by atoms with Gasteiger partial charge in [-0.25, -0.2) is 0 Å². The van der Waals surface area contributed by atoms with Gasteiger partial charge in [0.25, 0.3) is 5.91 Å². The Bertz CT molecular complexity index is 920. The second-order valence-corrected chi connectivity index (χ2v) is 6.65. The zero-order valence-corrected chi connectivity index (χ0v) is 15.9. The molecule has 0 aliphatic heterocycles. The fourth-order valence-corrected chi connectivity index (χ4v) is 2.83. The summed E-state index contributed by atoms with van der Waals surface area (Å²) in [6.07, 6.45) is 0.935. The Labute approximate surface area is 162 Å². The normalized spacial score (nSPS) is 12.0. The minimum atomic E-state index is -0.391. The van der Waals surface area contributed by atoms with Crippen LogP contribution in [0.15, 0.2) is 48.5 Å². The second-order valence-electron chi connectivity index (χ2n) is 6.21. The molecule has 140 valence electrons. The molecule has 0 radical (unpaired) electrons. The van der Waals surface area contributed by atoms with Gasteiger partial charge in [-0.2, -0.15) is 4.80 Å². The van der Waals surface area contributed by atoms with E-state index in [0.717, 1.165) is 17.7 Å². The lowest BCUT2D eigenvalue weighted by Gasteiger charge is -2.13. The molecule has 0 unspecified atom stereocenters. The summed E-state index contributed by atoms with van der Waals surface area (Å²) in [4.78, 5) is 14.0. The molecule has 1 aromatic heterocycles. The van der Waals surface area contributed by atoms with Crippen molar-refractivity contribution in [1.82, 2.24) is 20.3 Å². The maximum atomic E-state index is 12.7. The van der Waals surface area contributed by atoms with Gasteiger partial charge in [0, 0.05) is 5.02 Å². The summed E-state index contributed by atoms with van der Waals surface area (Å²) in [6, 6.07) is 14.8. The van der Waals surface area contributed by atoms with E-state index in [1.54, 1.807) is 12.1 Å². The predicted octanol–water partition coefficient (Wildman–Crippen LogP) is 3.47. The molecule has 0 aliphatic carbocycles. The summed E-state index contributed by atoms with van der Waals surface area (Å²) in [7, 11) is 0. The van der Waals surface area contributed by atoms with Gasteiger partial charge in [0.1, 0.15) is 5.69 Å². The van der Waals surface area contributed by atoms with Crippen molar-refractivity contribution < 1.29 is 9.90 Å². The molecule has 2 aromatic carbocycles. The van der Waals surface area contributed by atoms with Crippen molar-refractivity contribution in [2.45, 2.75) is 32.9 Å². The second kappa shape index (κ2) is 8.33. The van der Waals surface area contributed by atoms with E-state index in [1.165, 1.54) is 10.4 Å². The van der Waals surface area contributed by atoms with Crippen LogP contribution in [-0.2, 0) is 13.0 Å². The van der Waals surface area contributed by atoms with Crippen LogP contribution in [0.4, 0.5) is 0 Å². The number of aryl methyl sites for hydroxylation is 1. The SMILES string of the molecule is CCc1ccc(-n2nc(CO)c(C(=O)N[C@@H](C)c3ccc(Cl)cc3)n2)cc1. The number of halogens is 1. The van der Waals surface area contributed by atoms with Gasteiger partial charge in [0.05, 0.1) is 18.3 Å². The van der Waals surface area contributed by atoms with Gasteiger partial charge < -0.3 is 10.4 Å². The molecule has 3 rings (SSSR count). The molecule has 1 heterocycles. The van der Waals surface area contributed by atoms with Gasteiger partial charge in [0.15, 0.2) is 5.69 Å². The summed E-state index contributed by atoms with van der Waals surface area (Å²) in [5.74, 6) is -0.391. The van der Waals surface area contributed by atoms with Crippen molar-refractivity contribution in [3.05, 3.63) is 76.1 Å². The summed E-state index contributed by atoms with van der Waals surface area (Å²) in [5.41, 5.74) is 3.18. The van der Waals surface area contributed by atoms with Gasteiger partial charge >= 0.3 is 0 Å². The largest absolute Gasteiger partial charge is 0.390 e. The molecule has 0 saturated heterocycles. The lowest BCUT2D eigenvalue weighted by molar-refractivity contribution is 0.0931. The minimum absolute atomic E-state index is 0.109. The molecule has 3 aromatic rings. The van der Waals surface area contributed by atoms with Gasteiger partial charge in [-0.1, -0.05) is 42.8 Å². The number of aliphatic hydroxyl groups excluding tert-OH is 1. The smallest absolute Gasteiger partial charge is 0.274 e. The molecule has 0 saturated carbocycles. The first kappa shape index (κ1) is 19.1. The number of hydrogen-bond acceptors (Lipinski definition) is 4. The Morgan fingerprint density at radius 3 is 2.41 bits per heavy atom. The lowest BCUT2D eigenvalue weighted by atomic mass is 10.1. The number of nitrogens with one attached hydrogen (secondary N) is 1. The molecule has 0 bridgehead atoms. The van der Waals surface area contributed by atoms with Crippen LogP contribution in [0.2, 0.25) is 5.02 Å². The number of hydrogen-bond donors (Lipinski definition) is 2. The zero-order valence-electron chi connectivity index (χ0n) is 15.2. The highest BCUT2D eigenvalue weighted by Crippen LogP contribution is 2.17. The molecule has 2 N–H and O–H groups in total. The van der Waals surface area contributed by atoms with Crippen LogP contribution in [0.3, 0.4) is 0 Å². The van der Waals surface area contributed by atoms with E-state index in [1.807, 2.05) is 43.3 Å². The van der Waals surface area contributed by atoms with Gasteiger partial charge in [-0.05, 0) is 48.7 Å². The Hall–Kier alpha value is -2.70. The number of aliphatic hydroxyl groups is 1. The van der Waals surface area contributed by atoms with Crippen LogP contribution in [0.25, 0.3) is 5.69 Å². The van der Waals surface area contributed by atoms with Crippen molar-refractivity contribution >= 4 is 17.5 Å². The monoisotopic (exact) mass is 384 g/mol. The van der Waals surface area contributed by atoms with E-state index in [-0.39, 0.29) is 24.0 Å². The van der Waals surface area contributed by atoms with Gasteiger partial charge in [0.2, 0.25) is 0 Å². The molecule has 0 aliphatic rings. The fraction of sp³-hybridized carbons (Fsp3) is 0.250. The summed E-state index contributed by atoms with van der Waals surface area (Å²) < 4.78 is 0. The van der Waals surface area contributed by atoms with E-state index < -0.39 is 5.91 Å². The van der Waals surface area contributed by atoms with Crippen molar-refractivity contribution in [1.29, 1.82) is 0 Å². The highest BCUT2D eigenvalue weighted by atomic mass is 35.5. The van der Waals surface area contributed by atoms with Gasteiger partial charge in [-0.3, -0.25) is 4.79 Å². The molecule has 1 atom stereocenters. The highest BCUT2D eigenvalue weighted by Gasteiger charge is 2.20. The minimum Gasteiger partial charge on any atom is -0.390 e. The molecule has 6 nitrogen and oxygen atoms in total. The van der Waals surface area contributed by atoms with Crippen LogP contribution >= 0.6 is 11.6 Å².